The number of hydrogen-bond donors (Lipinski definition) is 0. The molecular weight excluding hydrogens is 364 g/mol. The van der Waals surface area contributed by atoms with E-state index in [1.165, 1.54) is 0 Å². The van der Waals surface area contributed by atoms with Gasteiger partial charge in [0.05, 0.1) is 17.1 Å². The summed E-state index contributed by atoms with van der Waals surface area (Å²) < 4.78 is 2.09. The molecule has 0 N–H and O–H groups in total. The number of amides is 2. The highest BCUT2D eigenvalue weighted by Crippen LogP contribution is 2.34. The molecule has 2 aliphatic heterocycles. The highest BCUT2D eigenvalue weighted by molar-refractivity contribution is 6.01. The van der Waals surface area contributed by atoms with E-state index in [0.29, 0.717) is 18.7 Å². The van der Waals surface area contributed by atoms with E-state index in [1.807, 2.05) is 61.3 Å². The second-order valence-electron chi connectivity index (χ2n) is 7.97. The van der Waals surface area contributed by atoms with Crippen LogP contribution in [0.1, 0.15) is 47.6 Å². The van der Waals surface area contributed by atoms with Gasteiger partial charge < -0.3 is 14.4 Å². The van der Waals surface area contributed by atoms with Gasteiger partial charge in [-0.1, -0.05) is 30.3 Å². The Morgan fingerprint density at radius 3 is 2.69 bits per heavy atom. The molecular formula is C23H24N4O2. The molecule has 148 valence electrons. The van der Waals surface area contributed by atoms with Crippen LogP contribution in [0.5, 0.6) is 0 Å². The molecule has 6 heteroatoms. The summed E-state index contributed by atoms with van der Waals surface area (Å²) in [6, 6.07) is 15.1. The summed E-state index contributed by atoms with van der Waals surface area (Å²) in [4.78, 5) is 34.7. The van der Waals surface area contributed by atoms with Crippen LogP contribution in [0.25, 0.3) is 11.0 Å². The van der Waals surface area contributed by atoms with Gasteiger partial charge in [0.25, 0.3) is 5.91 Å². The topological polar surface area (TPSA) is 58.4 Å². The normalized spacial score (nSPS) is 19.8. The molecule has 0 saturated carbocycles. The van der Waals surface area contributed by atoms with Gasteiger partial charge in [-0.2, -0.15) is 0 Å². The van der Waals surface area contributed by atoms with Crippen LogP contribution in [-0.4, -0.2) is 43.8 Å². The predicted octanol–water partition coefficient (Wildman–Crippen LogP) is 3.28. The first-order chi connectivity index (χ1) is 14.1. The molecule has 0 spiro atoms. The van der Waals surface area contributed by atoms with Gasteiger partial charge in [0.2, 0.25) is 5.91 Å². The standard InChI is InChI=1S/C23H24N4O2/c1-15(27-14-16-8-3-4-9-17(16)23(27)29)22(28)26-13-7-12-20(26)21-24-18-10-5-6-11-19(18)25(21)2/h3-6,8-11,15,20H,7,12-14H2,1-2H3/t15-,20+/m0/s1. The summed E-state index contributed by atoms with van der Waals surface area (Å²) in [5.74, 6) is 0.862. The summed E-state index contributed by atoms with van der Waals surface area (Å²) >= 11 is 0. The first-order valence-electron chi connectivity index (χ1n) is 10.2. The van der Waals surface area contributed by atoms with Crippen molar-refractivity contribution in [1.29, 1.82) is 0 Å². The van der Waals surface area contributed by atoms with E-state index in [0.717, 1.165) is 35.3 Å². The number of rotatable bonds is 3. The fraction of sp³-hybridized carbons (Fsp3) is 0.348. The lowest BCUT2D eigenvalue weighted by molar-refractivity contribution is -0.136. The molecule has 2 amide bonds. The molecule has 29 heavy (non-hydrogen) atoms. The lowest BCUT2D eigenvalue weighted by Crippen LogP contribution is -2.47. The van der Waals surface area contributed by atoms with E-state index >= 15 is 0 Å². The van der Waals surface area contributed by atoms with Gasteiger partial charge in [-0.3, -0.25) is 9.59 Å². The number of aryl methyl sites for hydroxylation is 1. The number of fused-ring (bicyclic) bond motifs is 2. The Morgan fingerprint density at radius 1 is 1.14 bits per heavy atom. The number of carbonyl (C=O) groups excluding carboxylic acids is 2. The minimum atomic E-state index is -0.495. The molecule has 1 saturated heterocycles. The molecule has 0 unspecified atom stereocenters. The zero-order valence-corrected chi connectivity index (χ0v) is 16.7. The van der Waals surface area contributed by atoms with Crippen molar-refractivity contribution in [1.82, 2.24) is 19.4 Å². The highest BCUT2D eigenvalue weighted by atomic mass is 16.2. The fourth-order valence-corrected chi connectivity index (χ4v) is 4.72. The molecule has 5 rings (SSSR count). The van der Waals surface area contributed by atoms with Crippen molar-refractivity contribution in [2.24, 2.45) is 7.05 Å². The average Bonchev–Trinajstić information content (AvgIpc) is 3.44. The number of aromatic nitrogens is 2. The van der Waals surface area contributed by atoms with Crippen molar-refractivity contribution in [3.8, 4) is 0 Å². The SMILES string of the molecule is C[C@@H](C(=O)N1CCC[C@@H]1c1nc2ccccc2n1C)N1Cc2ccccc2C1=O. The van der Waals surface area contributed by atoms with E-state index in [1.54, 1.807) is 4.90 Å². The average molecular weight is 388 g/mol. The zero-order valence-electron chi connectivity index (χ0n) is 16.7. The van der Waals surface area contributed by atoms with Crippen LogP contribution in [0.2, 0.25) is 0 Å². The molecule has 0 bridgehead atoms. The fourth-order valence-electron chi connectivity index (χ4n) is 4.72. The van der Waals surface area contributed by atoms with E-state index in [-0.39, 0.29) is 17.9 Å². The molecule has 6 nitrogen and oxygen atoms in total. The van der Waals surface area contributed by atoms with Gasteiger partial charge in [0, 0.05) is 25.7 Å². The summed E-state index contributed by atoms with van der Waals surface area (Å²) in [5.41, 5.74) is 3.72. The van der Waals surface area contributed by atoms with E-state index in [4.69, 9.17) is 4.98 Å². The summed E-state index contributed by atoms with van der Waals surface area (Å²) in [5, 5.41) is 0. The van der Waals surface area contributed by atoms with Crippen LogP contribution in [0, 0.1) is 0 Å². The summed E-state index contributed by atoms with van der Waals surface area (Å²) in [7, 11) is 2.01. The maximum atomic E-state index is 13.4. The smallest absolute Gasteiger partial charge is 0.255 e. The van der Waals surface area contributed by atoms with Gasteiger partial charge in [-0.05, 0) is 43.5 Å². The van der Waals surface area contributed by atoms with Crippen molar-refractivity contribution < 1.29 is 9.59 Å². The third-order valence-electron chi connectivity index (χ3n) is 6.33. The van der Waals surface area contributed by atoms with E-state index < -0.39 is 6.04 Å². The van der Waals surface area contributed by atoms with Gasteiger partial charge in [-0.15, -0.1) is 0 Å². The molecule has 0 aliphatic carbocycles. The molecule has 3 aromatic rings. The highest BCUT2D eigenvalue weighted by Gasteiger charge is 2.40. The Hall–Kier alpha value is -3.15. The second kappa shape index (κ2) is 6.72. The van der Waals surface area contributed by atoms with Gasteiger partial charge >= 0.3 is 0 Å². The Balaban J connectivity index is 1.42. The minimum absolute atomic E-state index is 0.000659. The van der Waals surface area contributed by atoms with E-state index in [9.17, 15) is 9.59 Å². The predicted molar refractivity (Wildman–Crippen MR) is 110 cm³/mol. The molecule has 0 radical (unpaired) electrons. The number of likely N-dealkylation sites (tertiary alicyclic amines) is 1. The van der Waals surface area contributed by atoms with Gasteiger partial charge in [-0.25, -0.2) is 4.98 Å². The maximum Gasteiger partial charge on any atom is 0.255 e. The maximum absolute atomic E-state index is 13.4. The second-order valence-corrected chi connectivity index (χ2v) is 7.97. The molecule has 3 heterocycles. The number of benzene rings is 2. The number of para-hydroxylation sites is 2. The quantitative estimate of drug-likeness (QED) is 0.692. The van der Waals surface area contributed by atoms with Crippen LogP contribution < -0.4 is 0 Å². The third-order valence-corrected chi connectivity index (χ3v) is 6.33. The Labute approximate surface area is 169 Å². The molecule has 1 aromatic heterocycles. The summed E-state index contributed by atoms with van der Waals surface area (Å²) in [6.07, 6.45) is 1.84. The lowest BCUT2D eigenvalue weighted by Gasteiger charge is -2.31. The van der Waals surface area contributed by atoms with Crippen molar-refractivity contribution >= 4 is 22.8 Å². The summed E-state index contributed by atoms with van der Waals surface area (Å²) in [6.45, 7) is 3.04. The van der Waals surface area contributed by atoms with Crippen LogP contribution in [0.4, 0.5) is 0 Å². The number of hydrogen-bond acceptors (Lipinski definition) is 3. The van der Waals surface area contributed by atoms with Gasteiger partial charge in [0.15, 0.2) is 0 Å². The largest absolute Gasteiger partial charge is 0.331 e. The van der Waals surface area contributed by atoms with Gasteiger partial charge in [0.1, 0.15) is 11.9 Å². The van der Waals surface area contributed by atoms with Crippen LogP contribution in [-0.2, 0) is 18.4 Å². The molecule has 2 aromatic carbocycles. The Bertz CT molecular complexity index is 1120. The third kappa shape index (κ3) is 2.74. The molecule has 2 aliphatic rings. The zero-order chi connectivity index (χ0) is 20.1. The van der Waals surface area contributed by atoms with Crippen LogP contribution in [0.3, 0.4) is 0 Å². The van der Waals surface area contributed by atoms with E-state index in [2.05, 4.69) is 10.6 Å². The first-order valence-corrected chi connectivity index (χ1v) is 10.2. The number of nitrogens with zero attached hydrogens (tertiary/aromatic N) is 4. The van der Waals surface area contributed by atoms with Crippen molar-refractivity contribution in [3.05, 3.63) is 65.5 Å². The lowest BCUT2D eigenvalue weighted by atomic mass is 10.1. The first kappa shape index (κ1) is 17.9. The number of imidazole rings is 1. The van der Waals surface area contributed by atoms with Crippen molar-refractivity contribution in [3.63, 3.8) is 0 Å². The molecule has 2 atom stereocenters. The number of carbonyl (C=O) groups is 2. The Kier molecular flexibility index (Phi) is 4.15. The van der Waals surface area contributed by atoms with Crippen LogP contribution >= 0.6 is 0 Å². The molecule has 1 fully saturated rings. The van der Waals surface area contributed by atoms with Crippen LogP contribution in [0.15, 0.2) is 48.5 Å². The Morgan fingerprint density at radius 2 is 1.90 bits per heavy atom. The minimum Gasteiger partial charge on any atom is -0.331 e. The van der Waals surface area contributed by atoms with Crippen molar-refractivity contribution in [2.45, 2.75) is 38.4 Å². The van der Waals surface area contributed by atoms with Crippen molar-refractivity contribution in [2.75, 3.05) is 6.54 Å². The monoisotopic (exact) mass is 388 g/mol.